The molecule has 0 saturated heterocycles. The first-order valence-electron chi connectivity index (χ1n) is 7.51. The molecule has 0 aromatic heterocycles. The van der Waals surface area contributed by atoms with Crippen molar-refractivity contribution < 1.29 is 13.3 Å². The van der Waals surface area contributed by atoms with Crippen molar-refractivity contribution in [3.8, 4) is 0 Å². The fourth-order valence-electron chi connectivity index (χ4n) is 2.03. The molecule has 6 nitrogen and oxygen atoms in total. The van der Waals surface area contributed by atoms with Crippen LogP contribution < -0.4 is 16.4 Å². The Labute approximate surface area is 125 Å². The molecule has 0 rings (SSSR count). The summed E-state index contributed by atoms with van der Waals surface area (Å²) in [6, 6.07) is 0.896. The van der Waals surface area contributed by atoms with E-state index in [1.165, 1.54) is 19.3 Å². The van der Waals surface area contributed by atoms with Crippen LogP contribution in [0.5, 0.6) is 0 Å². The molecule has 0 spiro atoms. The highest BCUT2D eigenvalue weighted by Crippen LogP contribution is 2.17. The van der Waals surface area contributed by atoms with Crippen LogP contribution in [0.25, 0.3) is 0 Å². The van der Waals surface area contributed by atoms with Crippen LogP contribution in [0.3, 0.4) is 0 Å². The molecule has 0 bridgehead atoms. The zero-order valence-corrected chi connectivity index (χ0v) is 14.4. The second-order valence-electron chi connectivity index (χ2n) is 4.75. The highest BCUT2D eigenvalue weighted by atomic mass is 28.4. The lowest BCUT2D eigenvalue weighted by molar-refractivity contribution is 0.122. The van der Waals surface area contributed by atoms with Gasteiger partial charge in [0.25, 0.3) is 0 Å². The third-order valence-electron chi connectivity index (χ3n) is 3.32. The van der Waals surface area contributed by atoms with E-state index in [1.807, 2.05) is 0 Å². The molecule has 0 atom stereocenters. The lowest BCUT2D eigenvalue weighted by Crippen LogP contribution is -2.42. The minimum Gasteiger partial charge on any atom is -0.377 e. The topological polar surface area (TPSA) is 77.8 Å². The van der Waals surface area contributed by atoms with Gasteiger partial charge in [-0.2, -0.15) is 0 Å². The van der Waals surface area contributed by atoms with Crippen LogP contribution in [0.15, 0.2) is 0 Å². The number of rotatable bonds is 15. The minimum absolute atomic E-state index is 0.704. The third kappa shape index (κ3) is 9.81. The van der Waals surface area contributed by atoms with E-state index in [0.29, 0.717) is 6.54 Å². The predicted octanol–water partition coefficient (Wildman–Crippen LogP) is 0.563. The van der Waals surface area contributed by atoms with Gasteiger partial charge in [0, 0.05) is 53.6 Å². The summed E-state index contributed by atoms with van der Waals surface area (Å²) >= 11 is 0. The molecule has 0 amide bonds. The smallest absolute Gasteiger partial charge is 0.377 e. The quantitative estimate of drug-likeness (QED) is 0.303. The first kappa shape index (κ1) is 20.0. The molecule has 7 heteroatoms. The first-order valence-corrected chi connectivity index (χ1v) is 9.44. The highest BCUT2D eigenvalue weighted by molar-refractivity contribution is 6.60. The second-order valence-corrected chi connectivity index (χ2v) is 7.84. The normalized spacial score (nSPS) is 12.0. The summed E-state index contributed by atoms with van der Waals surface area (Å²) in [6.45, 7) is 4.67. The maximum Gasteiger partial charge on any atom is 0.500 e. The van der Waals surface area contributed by atoms with Crippen LogP contribution in [-0.4, -0.2) is 62.9 Å². The summed E-state index contributed by atoms with van der Waals surface area (Å²) in [4.78, 5) is 0. The van der Waals surface area contributed by atoms with E-state index < -0.39 is 8.80 Å². The van der Waals surface area contributed by atoms with E-state index in [4.69, 9.17) is 19.0 Å². The molecular weight excluding hydrogens is 274 g/mol. The van der Waals surface area contributed by atoms with Gasteiger partial charge in [0.05, 0.1) is 0 Å². The maximum atomic E-state index is 5.39. The first-order chi connectivity index (χ1) is 9.74. The number of hydrogen-bond acceptors (Lipinski definition) is 6. The average Bonchev–Trinajstić information content (AvgIpc) is 2.49. The van der Waals surface area contributed by atoms with Crippen LogP contribution in [0, 0.1) is 0 Å². The maximum absolute atomic E-state index is 5.39. The van der Waals surface area contributed by atoms with E-state index in [-0.39, 0.29) is 0 Å². The molecule has 0 aliphatic carbocycles. The molecule has 0 radical (unpaired) electrons. The van der Waals surface area contributed by atoms with Gasteiger partial charge in [-0.1, -0.05) is 12.8 Å². The number of hydrogen-bond donors (Lipinski definition) is 3. The van der Waals surface area contributed by atoms with Crippen molar-refractivity contribution in [1.82, 2.24) is 10.6 Å². The number of nitrogens with one attached hydrogen (secondary N) is 2. The van der Waals surface area contributed by atoms with Crippen molar-refractivity contribution in [2.45, 2.75) is 31.7 Å². The van der Waals surface area contributed by atoms with Crippen LogP contribution >= 0.6 is 0 Å². The highest BCUT2D eigenvalue weighted by Gasteiger charge is 2.36. The predicted molar refractivity (Wildman–Crippen MR) is 84.8 cm³/mol. The fraction of sp³-hybridized carbons (Fsp3) is 1.00. The largest absolute Gasteiger partial charge is 0.500 e. The Bertz CT molecular complexity index is 199. The van der Waals surface area contributed by atoms with Crippen LogP contribution in [0.4, 0.5) is 0 Å². The monoisotopic (exact) mass is 307 g/mol. The molecule has 0 fully saturated rings. The zero-order valence-electron chi connectivity index (χ0n) is 13.4. The van der Waals surface area contributed by atoms with Crippen molar-refractivity contribution in [1.29, 1.82) is 0 Å². The van der Waals surface area contributed by atoms with Crippen LogP contribution in [-0.2, 0) is 13.3 Å². The Morgan fingerprint density at radius 1 is 0.750 bits per heavy atom. The third-order valence-corrected chi connectivity index (χ3v) is 6.15. The van der Waals surface area contributed by atoms with Gasteiger partial charge < -0.3 is 29.6 Å². The average molecular weight is 308 g/mol. The van der Waals surface area contributed by atoms with Crippen molar-refractivity contribution in [3.63, 3.8) is 0 Å². The SMILES string of the molecule is CO[Si](CCCCCCNCCNCCN)(OC)OC. The molecule has 0 aromatic rings. The summed E-state index contributed by atoms with van der Waals surface area (Å²) in [5.74, 6) is 0. The molecule has 0 aliphatic rings. The van der Waals surface area contributed by atoms with Gasteiger partial charge in [-0.25, -0.2) is 0 Å². The van der Waals surface area contributed by atoms with Gasteiger partial charge in [0.1, 0.15) is 0 Å². The van der Waals surface area contributed by atoms with E-state index in [1.54, 1.807) is 21.3 Å². The summed E-state index contributed by atoms with van der Waals surface area (Å²) in [5.41, 5.74) is 5.39. The molecular formula is C13H33N3O3Si. The number of unbranched alkanes of at least 4 members (excludes halogenated alkanes) is 3. The zero-order chi connectivity index (χ0) is 15.1. The summed E-state index contributed by atoms with van der Waals surface area (Å²) in [7, 11) is 2.66. The Balaban J connectivity index is 3.32. The Hall–Kier alpha value is -0.0231. The molecule has 122 valence electrons. The molecule has 0 unspecified atom stereocenters. The van der Waals surface area contributed by atoms with Crippen molar-refractivity contribution >= 4 is 8.80 Å². The molecule has 20 heavy (non-hydrogen) atoms. The lowest BCUT2D eigenvalue weighted by atomic mass is 10.2. The van der Waals surface area contributed by atoms with Gasteiger partial charge in [-0.3, -0.25) is 0 Å². The molecule has 4 N–H and O–H groups in total. The Kier molecular flexibility index (Phi) is 13.9. The van der Waals surface area contributed by atoms with Crippen molar-refractivity contribution in [2.24, 2.45) is 5.73 Å². The van der Waals surface area contributed by atoms with Crippen LogP contribution in [0.1, 0.15) is 25.7 Å². The van der Waals surface area contributed by atoms with E-state index in [2.05, 4.69) is 10.6 Å². The minimum atomic E-state index is -2.35. The molecule has 0 aromatic carbocycles. The molecule has 0 saturated carbocycles. The van der Waals surface area contributed by atoms with Crippen molar-refractivity contribution in [2.75, 3.05) is 54.1 Å². The van der Waals surface area contributed by atoms with Gasteiger partial charge in [0.15, 0.2) is 0 Å². The Morgan fingerprint density at radius 2 is 1.30 bits per heavy atom. The molecule has 0 heterocycles. The summed E-state index contributed by atoms with van der Waals surface area (Å²) < 4.78 is 16.2. The molecule has 0 aliphatic heterocycles. The van der Waals surface area contributed by atoms with Crippen molar-refractivity contribution in [3.05, 3.63) is 0 Å². The number of nitrogens with two attached hydrogens (primary N) is 1. The van der Waals surface area contributed by atoms with Gasteiger partial charge in [-0.05, 0) is 19.4 Å². The van der Waals surface area contributed by atoms with Gasteiger partial charge in [-0.15, -0.1) is 0 Å². The van der Waals surface area contributed by atoms with Gasteiger partial charge >= 0.3 is 8.80 Å². The Morgan fingerprint density at radius 3 is 1.85 bits per heavy atom. The van der Waals surface area contributed by atoms with E-state index in [0.717, 1.165) is 38.6 Å². The van der Waals surface area contributed by atoms with E-state index in [9.17, 15) is 0 Å². The summed E-state index contributed by atoms with van der Waals surface area (Å²) in [5, 5.41) is 6.67. The van der Waals surface area contributed by atoms with E-state index >= 15 is 0 Å². The fourth-order valence-corrected chi connectivity index (χ4v) is 3.83. The van der Waals surface area contributed by atoms with Gasteiger partial charge in [0.2, 0.25) is 0 Å². The lowest BCUT2D eigenvalue weighted by Gasteiger charge is -2.24. The second kappa shape index (κ2) is 13.9. The standard InChI is InChI=1S/C13H33N3O3Si/c1-17-20(18-2,19-3)13-7-5-4-6-9-15-11-12-16-10-8-14/h15-16H,4-14H2,1-3H3. The summed E-state index contributed by atoms with van der Waals surface area (Å²) in [6.07, 6.45) is 4.72. The van der Waals surface area contributed by atoms with Crippen LogP contribution in [0.2, 0.25) is 6.04 Å².